The zero-order valence-corrected chi connectivity index (χ0v) is 6.65. The van der Waals surface area contributed by atoms with Crippen molar-refractivity contribution in [2.45, 2.75) is 6.42 Å². The Morgan fingerprint density at radius 1 is 1.50 bits per heavy atom. The third kappa shape index (κ3) is 7.62. The summed E-state index contributed by atoms with van der Waals surface area (Å²) >= 11 is 0. The molecule has 6 heteroatoms. The summed E-state index contributed by atoms with van der Waals surface area (Å²) in [6, 6.07) is 0. The van der Waals surface area contributed by atoms with Crippen molar-refractivity contribution in [2.24, 2.45) is 4.99 Å². The van der Waals surface area contributed by atoms with Crippen molar-refractivity contribution in [3.05, 3.63) is 0 Å². The molecule has 4 nitrogen and oxygen atoms in total. The molecule has 0 aliphatic carbocycles. The van der Waals surface area contributed by atoms with Crippen LogP contribution in [0.3, 0.4) is 0 Å². The maximum Gasteiger partial charge on any atom is 0.234 e. The molecule has 0 heterocycles. The van der Waals surface area contributed by atoms with Crippen molar-refractivity contribution in [1.29, 1.82) is 0 Å². The van der Waals surface area contributed by atoms with E-state index in [4.69, 9.17) is 10.7 Å². The molecule has 0 spiro atoms. The van der Waals surface area contributed by atoms with E-state index in [2.05, 4.69) is 4.99 Å². The molecule has 0 aromatic rings. The summed E-state index contributed by atoms with van der Waals surface area (Å²) < 4.78 is 20.4. The number of rotatable bonds is 4. The highest BCUT2D eigenvalue weighted by atomic mass is 35.7. The van der Waals surface area contributed by atoms with Crippen molar-refractivity contribution >= 4 is 25.8 Å². The highest BCUT2D eigenvalue weighted by molar-refractivity contribution is 8.13. The largest absolute Gasteiger partial charge is 0.234 e. The second-order valence-electron chi connectivity index (χ2n) is 1.57. The first-order valence-electron chi connectivity index (χ1n) is 2.52. The van der Waals surface area contributed by atoms with E-state index in [0.717, 1.165) is 0 Å². The predicted octanol–water partition coefficient (Wildman–Crippen LogP) is 0.281. The molecule has 0 aliphatic heterocycles. The van der Waals surface area contributed by atoms with Gasteiger partial charge in [0.05, 0.1) is 12.3 Å². The first-order chi connectivity index (χ1) is 4.56. The Labute approximate surface area is 63.3 Å². The van der Waals surface area contributed by atoms with Gasteiger partial charge in [0.2, 0.25) is 15.1 Å². The van der Waals surface area contributed by atoms with Crippen LogP contribution in [-0.2, 0) is 13.8 Å². The van der Waals surface area contributed by atoms with Gasteiger partial charge in [-0.3, -0.25) is 0 Å². The van der Waals surface area contributed by atoms with Crippen molar-refractivity contribution < 1.29 is 13.2 Å². The highest BCUT2D eigenvalue weighted by Gasteiger charge is 2.02. The number of isocyanates is 1. The van der Waals surface area contributed by atoms with Gasteiger partial charge in [-0.1, -0.05) is 0 Å². The third-order valence-electron chi connectivity index (χ3n) is 0.723. The van der Waals surface area contributed by atoms with Crippen LogP contribution < -0.4 is 0 Å². The van der Waals surface area contributed by atoms with E-state index in [-0.39, 0.29) is 18.7 Å². The lowest BCUT2D eigenvalue weighted by atomic mass is 10.5. The number of halogens is 1. The van der Waals surface area contributed by atoms with Crippen LogP contribution in [0.2, 0.25) is 0 Å². The number of hydrogen-bond donors (Lipinski definition) is 0. The Morgan fingerprint density at radius 2 is 2.10 bits per heavy atom. The molecule has 0 aromatic carbocycles. The second kappa shape index (κ2) is 4.44. The molecule has 0 radical (unpaired) electrons. The smallest absolute Gasteiger partial charge is 0.212 e. The number of nitrogens with zero attached hydrogens (tertiary/aromatic N) is 1. The second-order valence-corrected chi connectivity index (χ2v) is 4.47. The van der Waals surface area contributed by atoms with Gasteiger partial charge >= 0.3 is 0 Å². The van der Waals surface area contributed by atoms with E-state index in [1.165, 1.54) is 6.08 Å². The third-order valence-corrected chi connectivity index (χ3v) is 1.96. The Bertz CT molecular complexity index is 229. The van der Waals surface area contributed by atoms with Crippen LogP contribution in [0.1, 0.15) is 6.42 Å². The van der Waals surface area contributed by atoms with Crippen LogP contribution in [0.4, 0.5) is 0 Å². The molecule has 0 aromatic heterocycles. The fourth-order valence-corrected chi connectivity index (χ4v) is 1.16. The van der Waals surface area contributed by atoms with Crippen LogP contribution in [0.5, 0.6) is 0 Å². The van der Waals surface area contributed by atoms with E-state index in [1.54, 1.807) is 0 Å². The molecule has 0 fully saturated rings. The summed E-state index contributed by atoms with van der Waals surface area (Å²) in [6.45, 7) is 0.162. The van der Waals surface area contributed by atoms with Crippen molar-refractivity contribution in [3.8, 4) is 0 Å². The quantitative estimate of drug-likeness (QED) is 0.272. The molecule has 0 amide bonds. The average Bonchev–Trinajstić information content (AvgIpc) is 1.78. The number of carbonyl (C=O) groups excluding carboxylic acids is 1. The minimum Gasteiger partial charge on any atom is -0.212 e. The minimum atomic E-state index is -3.42. The van der Waals surface area contributed by atoms with Crippen molar-refractivity contribution in [2.75, 3.05) is 12.3 Å². The van der Waals surface area contributed by atoms with E-state index in [9.17, 15) is 13.2 Å². The number of hydrogen-bond acceptors (Lipinski definition) is 4. The molecule has 0 bridgehead atoms. The molecule has 0 N–H and O–H groups in total. The molecule has 0 atom stereocenters. The summed E-state index contributed by atoms with van der Waals surface area (Å²) in [5.41, 5.74) is 0. The Morgan fingerprint density at radius 3 is 2.50 bits per heavy atom. The molecular formula is C4H6ClNO3S. The van der Waals surface area contributed by atoms with Gasteiger partial charge in [0.1, 0.15) is 0 Å². The summed E-state index contributed by atoms with van der Waals surface area (Å²) in [4.78, 5) is 12.6. The maximum atomic E-state index is 10.2. The SMILES string of the molecule is O=C=NCCCS(=O)(=O)Cl. The monoisotopic (exact) mass is 183 g/mol. The van der Waals surface area contributed by atoms with Gasteiger partial charge in [0.15, 0.2) is 0 Å². The Hall–Kier alpha value is -0.380. The summed E-state index contributed by atoms with van der Waals surface area (Å²) in [5, 5.41) is 0. The standard InChI is InChI=1S/C4H6ClNO3S/c5-10(8,9)3-1-2-6-4-7/h1-3H2. The Kier molecular flexibility index (Phi) is 4.27. The van der Waals surface area contributed by atoms with Gasteiger partial charge in [-0.05, 0) is 6.42 Å². The highest BCUT2D eigenvalue weighted by Crippen LogP contribution is 1.97. The fourth-order valence-electron chi connectivity index (χ4n) is 0.362. The van der Waals surface area contributed by atoms with Gasteiger partial charge < -0.3 is 0 Å². The molecule has 0 saturated carbocycles. The Balaban J connectivity index is 3.48. The van der Waals surface area contributed by atoms with Crippen LogP contribution in [0.15, 0.2) is 4.99 Å². The summed E-state index contributed by atoms with van der Waals surface area (Å²) in [6.07, 6.45) is 1.56. The summed E-state index contributed by atoms with van der Waals surface area (Å²) in [5.74, 6) is -0.153. The predicted molar refractivity (Wildman–Crippen MR) is 37.2 cm³/mol. The van der Waals surface area contributed by atoms with Crippen LogP contribution in [0, 0.1) is 0 Å². The number of aliphatic imine (C=N–C) groups is 1. The maximum absolute atomic E-state index is 10.2. The van der Waals surface area contributed by atoms with Crippen molar-refractivity contribution in [1.82, 2.24) is 0 Å². The molecule has 10 heavy (non-hydrogen) atoms. The first-order valence-corrected chi connectivity index (χ1v) is 5.00. The zero-order valence-electron chi connectivity index (χ0n) is 5.08. The topological polar surface area (TPSA) is 63.6 Å². The van der Waals surface area contributed by atoms with Crippen LogP contribution >= 0.6 is 10.7 Å². The van der Waals surface area contributed by atoms with Crippen molar-refractivity contribution in [3.63, 3.8) is 0 Å². The van der Waals surface area contributed by atoms with Gasteiger partial charge in [-0.25, -0.2) is 18.2 Å². The van der Waals surface area contributed by atoms with Crippen LogP contribution in [-0.4, -0.2) is 26.8 Å². The van der Waals surface area contributed by atoms with E-state index in [1.807, 2.05) is 0 Å². The average molecular weight is 184 g/mol. The molecule has 0 aliphatic rings. The van der Waals surface area contributed by atoms with Crippen LogP contribution in [0.25, 0.3) is 0 Å². The van der Waals surface area contributed by atoms with E-state index < -0.39 is 9.05 Å². The minimum absolute atomic E-state index is 0.153. The first kappa shape index (κ1) is 9.62. The van der Waals surface area contributed by atoms with Gasteiger partial charge in [0, 0.05) is 10.7 Å². The lowest BCUT2D eigenvalue weighted by Gasteiger charge is -1.88. The van der Waals surface area contributed by atoms with E-state index >= 15 is 0 Å². The molecule has 0 unspecified atom stereocenters. The van der Waals surface area contributed by atoms with Gasteiger partial charge in [-0.2, -0.15) is 0 Å². The lowest BCUT2D eigenvalue weighted by Crippen LogP contribution is -1.98. The molecular weight excluding hydrogens is 178 g/mol. The normalized spacial score (nSPS) is 10.5. The molecule has 58 valence electrons. The zero-order chi connectivity index (χ0) is 8.04. The van der Waals surface area contributed by atoms with Gasteiger partial charge in [-0.15, -0.1) is 0 Å². The van der Waals surface area contributed by atoms with Gasteiger partial charge in [0.25, 0.3) is 0 Å². The fraction of sp³-hybridized carbons (Fsp3) is 0.750. The molecule has 0 rings (SSSR count). The van der Waals surface area contributed by atoms with E-state index in [0.29, 0.717) is 0 Å². The molecule has 0 saturated heterocycles. The summed E-state index contributed by atoms with van der Waals surface area (Å²) in [7, 11) is 1.42. The lowest BCUT2D eigenvalue weighted by molar-refractivity contribution is 0.562.